The molecule has 15 heavy (non-hydrogen) atoms. The summed E-state index contributed by atoms with van der Waals surface area (Å²) in [4.78, 5) is 18.0. The summed E-state index contributed by atoms with van der Waals surface area (Å²) in [6, 6.07) is 8.28. The molecule has 0 saturated heterocycles. The molecule has 0 spiro atoms. The van der Waals surface area contributed by atoms with Gasteiger partial charge in [-0.1, -0.05) is 29.8 Å². The van der Waals surface area contributed by atoms with Gasteiger partial charge in [0.15, 0.2) is 0 Å². The molecule has 0 saturated carbocycles. The van der Waals surface area contributed by atoms with Crippen LogP contribution < -0.4 is 0 Å². The average Bonchev–Trinajstić information content (AvgIpc) is 2.34. The van der Waals surface area contributed by atoms with Gasteiger partial charge in [-0.15, -0.1) is 0 Å². The Hall–Kier alpha value is -1.48. The second-order valence-corrected chi connectivity index (χ2v) is 2.69. The third-order valence-corrected chi connectivity index (χ3v) is 1.67. The Kier molecular flexibility index (Phi) is 13.3. The summed E-state index contributed by atoms with van der Waals surface area (Å²) in [5, 5.41) is 7.00. The van der Waals surface area contributed by atoms with Gasteiger partial charge in [0.1, 0.15) is 13.1 Å². The van der Waals surface area contributed by atoms with Gasteiger partial charge >= 0.3 is 0 Å². The lowest BCUT2D eigenvalue weighted by Gasteiger charge is -1.96. The molecule has 1 aromatic carbocycles. The van der Waals surface area contributed by atoms with Crippen LogP contribution in [0, 0.1) is 6.92 Å². The van der Waals surface area contributed by atoms with E-state index in [2.05, 4.69) is 31.2 Å². The fourth-order valence-corrected chi connectivity index (χ4v) is 0.980. The van der Waals surface area contributed by atoms with E-state index in [4.69, 9.17) is 9.90 Å². The second kappa shape index (κ2) is 12.5. The first-order valence-electron chi connectivity index (χ1n) is 4.55. The molecule has 1 N–H and O–H groups in total. The van der Waals surface area contributed by atoms with Crippen LogP contribution in [-0.4, -0.2) is 25.3 Å². The van der Waals surface area contributed by atoms with Crippen LogP contribution in [0.15, 0.2) is 24.3 Å². The zero-order valence-corrected chi connectivity index (χ0v) is 9.27. The highest BCUT2D eigenvalue weighted by Crippen LogP contribution is 2.04. The van der Waals surface area contributed by atoms with Crippen molar-refractivity contribution in [3.05, 3.63) is 35.4 Å². The number of hydrogen-bond donors (Lipinski definition) is 1. The standard InChI is InChI=1S/C10H12O.CH4O.CH2O/c1-9-4-6-10(7-5-9)3-2-8-11;2*1-2/h4-8H,2-3H2,1H3;2H,1H3;1H2. The molecule has 1 rings (SSSR count). The maximum absolute atomic E-state index is 10.0. The van der Waals surface area contributed by atoms with Crippen LogP contribution in [0.2, 0.25) is 0 Å². The Bertz CT molecular complexity index is 242. The first kappa shape index (κ1) is 16.0. The highest BCUT2D eigenvalue weighted by atomic mass is 16.2. The van der Waals surface area contributed by atoms with Crippen LogP contribution in [-0.2, 0) is 16.0 Å². The number of aliphatic hydroxyl groups excluding tert-OH is 1. The lowest BCUT2D eigenvalue weighted by Crippen LogP contribution is -1.85. The van der Waals surface area contributed by atoms with Crippen LogP contribution in [0.25, 0.3) is 0 Å². The highest BCUT2D eigenvalue weighted by molar-refractivity contribution is 5.50. The van der Waals surface area contributed by atoms with Gasteiger partial charge in [-0.3, -0.25) is 0 Å². The third-order valence-electron chi connectivity index (χ3n) is 1.67. The van der Waals surface area contributed by atoms with Crippen molar-refractivity contribution in [1.29, 1.82) is 0 Å². The molecule has 3 heteroatoms. The van der Waals surface area contributed by atoms with E-state index in [0.29, 0.717) is 6.42 Å². The predicted octanol–water partition coefficient (Wildman–Crippen LogP) is 1.55. The number of benzene rings is 1. The van der Waals surface area contributed by atoms with Gasteiger partial charge in [-0.05, 0) is 18.9 Å². The van der Waals surface area contributed by atoms with Gasteiger partial charge in [0.2, 0.25) is 0 Å². The van der Waals surface area contributed by atoms with E-state index < -0.39 is 0 Å². The minimum Gasteiger partial charge on any atom is -0.400 e. The molecule has 0 amide bonds. The number of aldehydes is 1. The van der Waals surface area contributed by atoms with Gasteiger partial charge in [0.25, 0.3) is 0 Å². The molecule has 3 nitrogen and oxygen atoms in total. The van der Waals surface area contributed by atoms with E-state index in [1.165, 1.54) is 11.1 Å². The molecule has 0 heterocycles. The van der Waals surface area contributed by atoms with Gasteiger partial charge in [0, 0.05) is 13.5 Å². The van der Waals surface area contributed by atoms with E-state index in [1.54, 1.807) is 0 Å². The second-order valence-electron chi connectivity index (χ2n) is 2.69. The topological polar surface area (TPSA) is 54.4 Å². The Morgan fingerprint density at radius 3 is 2.07 bits per heavy atom. The maximum Gasteiger partial charge on any atom is 0.120 e. The van der Waals surface area contributed by atoms with E-state index in [9.17, 15) is 4.79 Å². The monoisotopic (exact) mass is 210 g/mol. The molecule has 0 atom stereocenters. The molecule has 0 aliphatic heterocycles. The predicted molar refractivity (Wildman–Crippen MR) is 60.8 cm³/mol. The van der Waals surface area contributed by atoms with Crippen molar-refractivity contribution in [3.8, 4) is 0 Å². The van der Waals surface area contributed by atoms with Crippen molar-refractivity contribution in [3.63, 3.8) is 0 Å². The van der Waals surface area contributed by atoms with Gasteiger partial charge < -0.3 is 14.7 Å². The summed E-state index contributed by atoms with van der Waals surface area (Å²) < 4.78 is 0. The molecule has 0 radical (unpaired) electrons. The van der Waals surface area contributed by atoms with Gasteiger partial charge in [-0.2, -0.15) is 0 Å². The van der Waals surface area contributed by atoms with Crippen LogP contribution >= 0.6 is 0 Å². The number of carbonyl (C=O) groups excluding carboxylic acids is 2. The molecule has 0 aromatic heterocycles. The smallest absolute Gasteiger partial charge is 0.120 e. The van der Waals surface area contributed by atoms with Crippen molar-refractivity contribution in [2.45, 2.75) is 19.8 Å². The normalized spacial score (nSPS) is 7.67. The van der Waals surface area contributed by atoms with Crippen molar-refractivity contribution in [2.24, 2.45) is 0 Å². The number of aryl methyl sites for hydroxylation is 2. The third kappa shape index (κ3) is 8.84. The maximum atomic E-state index is 10.0. The molecule has 0 bridgehead atoms. The largest absolute Gasteiger partial charge is 0.400 e. The van der Waals surface area contributed by atoms with E-state index in [1.807, 2.05) is 6.79 Å². The SMILES string of the molecule is C=O.CO.Cc1ccc(CCC=O)cc1. The van der Waals surface area contributed by atoms with Crippen LogP contribution in [0.5, 0.6) is 0 Å². The highest BCUT2D eigenvalue weighted by Gasteiger charge is 1.90. The van der Waals surface area contributed by atoms with Gasteiger partial charge in [-0.25, -0.2) is 0 Å². The zero-order chi connectivity index (χ0) is 12.1. The Morgan fingerprint density at radius 2 is 1.67 bits per heavy atom. The van der Waals surface area contributed by atoms with Crippen molar-refractivity contribution >= 4 is 13.1 Å². The van der Waals surface area contributed by atoms with E-state index in [-0.39, 0.29) is 0 Å². The molecule has 84 valence electrons. The van der Waals surface area contributed by atoms with Crippen LogP contribution in [0.1, 0.15) is 17.5 Å². The lowest BCUT2D eigenvalue weighted by atomic mass is 10.1. The van der Waals surface area contributed by atoms with Crippen molar-refractivity contribution < 1.29 is 14.7 Å². The molecular weight excluding hydrogens is 192 g/mol. The Labute approximate surface area is 90.7 Å². The van der Waals surface area contributed by atoms with Gasteiger partial charge in [0.05, 0.1) is 0 Å². The fourth-order valence-electron chi connectivity index (χ4n) is 0.980. The molecular formula is C12H18O3. The van der Waals surface area contributed by atoms with Crippen molar-refractivity contribution in [2.75, 3.05) is 7.11 Å². The van der Waals surface area contributed by atoms with Crippen molar-refractivity contribution in [1.82, 2.24) is 0 Å². The van der Waals surface area contributed by atoms with Crippen LogP contribution in [0.4, 0.5) is 0 Å². The molecule has 0 unspecified atom stereocenters. The summed E-state index contributed by atoms with van der Waals surface area (Å²) in [5.41, 5.74) is 2.50. The number of hydrogen-bond acceptors (Lipinski definition) is 3. The van der Waals surface area contributed by atoms with Crippen LogP contribution in [0.3, 0.4) is 0 Å². The number of carbonyl (C=O) groups is 2. The minimum absolute atomic E-state index is 0.628. The summed E-state index contributed by atoms with van der Waals surface area (Å²) in [5.74, 6) is 0. The first-order chi connectivity index (χ1) is 7.33. The summed E-state index contributed by atoms with van der Waals surface area (Å²) >= 11 is 0. The first-order valence-corrected chi connectivity index (χ1v) is 4.55. The summed E-state index contributed by atoms with van der Waals surface area (Å²) in [7, 11) is 1.00. The number of rotatable bonds is 3. The average molecular weight is 210 g/mol. The molecule has 1 aromatic rings. The molecule has 0 aliphatic rings. The fraction of sp³-hybridized carbons (Fsp3) is 0.333. The minimum atomic E-state index is 0.628. The number of aliphatic hydroxyl groups is 1. The molecule has 0 aliphatic carbocycles. The quantitative estimate of drug-likeness (QED) is 0.770. The van der Waals surface area contributed by atoms with E-state index in [0.717, 1.165) is 19.8 Å². The summed E-state index contributed by atoms with van der Waals surface area (Å²) in [6.07, 6.45) is 2.45. The zero-order valence-electron chi connectivity index (χ0n) is 9.27. The van der Waals surface area contributed by atoms with E-state index >= 15 is 0 Å². The Balaban J connectivity index is 0. The lowest BCUT2D eigenvalue weighted by molar-refractivity contribution is -0.107. The molecule has 0 fully saturated rings. The Morgan fingerprint density at radius 1 is 1.20 bits per heavy atom. The summed E-state index contributed by atoms with van der Waals surface area (Å²) in [6.45, 7) is 4.06.